The number of amides is 1. The Morgan fingerprint density at radius 1 is 0.812 bits per heavy atom. The highest BCUT2D eigenvalue weighted by Crippen LogP contribution is 2.28. The van der Waals surface area contributed by atoms with Crippen LogP contribution in [0.5, 0.6) is 11.5 Å². The van der Waals surface area contributed by atoms with Crippen molar-refractivity contribution in [2.75, 3.05) is 26.1 Å². The van der Waals surface area contributed by atoms with E-state index in [1.54, 1.807) is 60.7 Å². The number of methoxy groups -OCH3 is 2. The number of halogens is 1. The van der Waals surface area contributed by atoms with E-state index in [0.29, 0.717) is 28.3 Å². The maximum atomic E-state index is 12.6. The van der Waals surface area contributed by atoms with Crippen LogP contribution >= 0.6 is 15.9 Å². The molecule has 3 rings (SSSR count). The Labute approximate surface area is 193 Å². The maximum absolute atomic E-state index is 12.6. The zero-order valence-electron chi connectivity index (χ0n) is 17.4. The molecule has 8 heteroatoms. The number of rotatable bonds is 8. The van der Waals surface area contributed by atoms with E-state index in [-0.39, 0.29) is 23.9 Å². The Kier molecular flexibility index (Phi) is 7.62. The van der Waals surface area contributed by atoms with Gasteiger partial charge in [-0.15, -0.1) is 0 Å². The number of hydrogen-bond acceptors (Lipinski definition) is 6. The molecule has 0 aliphatic heterocycles. The lowest BCUT2D eigenvalue weighted by atomic mass is 10.1. The Bertz CT molecular complexity index is 1140. The standard InChI is InChI=1S/C24H20BrNO6/c1-30-21-11-8-16(13-22(21)31-2)23(28)26-19-5-3-4-17(12-19)24(29)32-14-20(27)15-6-9-18(25)10-7-15/h3-13H,14H2,1-2H3,(H,26,28). The number of anilines is 1. The SMILES string of the molecule is COc1ccc(C(=O)Nc2cccc(C(=O)OCC(=O)c3ccc(Br)cc3)c2)cc1OC. The topological polar surface area (TPSA) is 90.9 Å². The number of benzene rings is 3. The second-order valence-electron chi connectivity index (χ2n) is 6.61. The molecule has 3 aromatic rings. The highest BCUT2D eigenvalue weighted by molar-refractivity contribution is 9.10. The first-order chi connectivity index (χ1) is 15.4. The largest absolute Gasteiger partial charge is 0.493 e. The molecule has 1 N–H and O–H groups in total. The number of hydrogen-bond donors (Lipinski definition) is 1. The molecule has 0 fully saturated rings. The van der Waals surface area contributed by atoms with Gasteiger partial charge in [0.2, 0.25) is 0 Å². The van der Waals surface area contributed by atoms with Gasteiger partial charge in [0, 0.05) is 21.3 Å². The summed E-state index contributed by atoms with van der Waals surface area (Å²) in [6.45, 7) is -0.386. The zero-order chi connectivity index (χ0) is 23.1. The van der Waals surface area contributed by atoms with Crippen LogP contribution in [0.2, 0.25) is 0 Å². The summed E-state index contributed by atoms with van der Waals surface area (Å²) in [4.78, 5) is 37.1. The van der Waals surface area contributed by atoms with E-state index in [0.717, 1.165) is 4.47 Å². The van der Waals surface area contributed by atoms with Gasteiger partial charge in [-0.3, -0.25) is 9.59 Å². The van der Waals surface area contributed by atoms with E-state index in [4.69, 9.17) is 14.2 Å². The van der Waals surface area contributed by atoms with Crippen molar-refractivity contribution >= 4 is 39.3 Å². The molecule has 0 heterocycles. The summed E-state index contributed by atoms with van der Waals surface area (Å²) in [6.07, 6.45) is 0. The lowest BCUT2D eigenvalue weighted by molar-refractivity contribution is 0.0474. The lowest BCUT2D eigenvalue weighted by Crippen LogP contribution is -2.15. The fourth-order valence-corrected chi connectivity index (χ4v) is 3.10. The van der Waals surface area contributed by atoms with Gasteiger partial charge in [0.15, 0.2) is 23.9 Å². The Morgan fingerprint density at radius 3 is 2.19 bits per heavy atom. The van der Waals surface area contributed by atoms with Crippen LogP contribution in [0.25, 0.3) is 0 Å². The first-order valence-electron chi connectivity index (χ1n) is 9.50. The fourth-order valence-electron chi connectivity index (χ4n) is 2.84. The summed E-state index contributed by atoms with van der Waals surface area (Å²) >= 11 is 3.30. The van der Waals surface area contributed by atoms with Crippen LogP contribution in [0.3, 0.4) is 0 Å². The molecule has 0 unspecified atom stereocenters. The first-order valence-corrected chi connectivity index (χ1v) is 10.3. The predicted octanol–water partition coefficient (Wildman–Crippen LogP) is 4.76. The highest BCUT2D eigenvalue weighted by atomic mass is 79.9. The van der Waals surface area contributed by atoms with Crippen molar-refractivity contribution in [2.24, 2.45) is 0 Å². The number of carbonyl (C=O) groups is 3. The smallest absolute Gasteiger partial charge is 0.338 e. The summed E-state index contributed by atoms with van der Waals surface area (Å²) in [6, 6.07) is 17.8. The molecule has 164 valence electrons. The maximum Gasteiger partial charge on any atom is 0.338 e. The van der Waals surface area contributed by atoms with Crippen LogP contribution in [0.4, 0.5) is 5.69 Å². The van der Waals surface area contributed by atoms with Crippen molar-refractivity contribution in [3.8, 4) is 11.5 Å². The molecule has 0 saturated heterocycles. The number of Topliss-reactive ketones (excluding diaryl/α,β-unsaturated/α-hetero) is 1. The number of ketones is 1. The number of nitrogens with one attached hydrogen (secondary N) is 1. The number of ether oxygens (including phenoxy) is 3. The van der Waals surface area contributed by atoms with E-state index in [2.05, 4.69) is 21.2 Å². The third-order valence-electron chi connectivity index (χ3n) is 4.50. The average Bonchev–Trinajstić information content (AvgIpc) is 2.82. The summed E-state index contributed by atoms with van der Waals surface area (Å²) < 4.78 is 16.4. The van der Waals surface area contributed by atoms with Crippen molar-refractivity contribution in [2.45, 2.75) is 0 Å². The summed E-state index contributed by atoms with van der Waals surface area (Å²) in [5.41, 5.74) is 1.41. The van der Waals surface area contributed by atoms with Crippen LogP contribution in [-0.2, 0) is 4.74 Å². The molecule has 3 aromatic carbocycles. The number of carbonyl (C=O) groups excluding carboxylic acids is 3. The van der Waals surface area contributed by atoms with Gasteiger partial charge in [0.1, 0.15) is 0 Å². The van der Waals surface area contributed by atoms with E-state index in [1.165, 1.54) is 20.3 Å². The van der Waals surface area contributed by atoms with Gasteiger partial charge >= 0.3 is 5.97 Å². The van der Waals surface area contributed by atoms with E-state index >= 15 is 0 Å². The molecule has 7 nitrogen and oxygen atoms in total. The van der Waals surface area contributed by atoms with Crippen LogP contribution in [0.15, 0.2) is 71.2 Å². The van der Waals surface area contributed by atoms with Crippen LogP contribution in [-0.4, -0.2) is 38.5 Å². The predicted molar refractivity (Wildman–Crippen MR) is 123 cm³/mol. The summed E-state index contributed by atoms with van der Waals surface area (Å²) in [5.74, 6) is -0.442. The molecule has 0 aromatic heterocycles. The third kappa shape index (κ3) is 5.73. The molecule has 0 saturated carbocycles. The minimum atomic E-state index is -0.669. The van der Waals surface area contributed by atoms with Crippen LogP contribution in [0, 0.1) is 0 Å². The Morgan fingerprint density at radius 2 is 1.50 bits per heavy atom. The molecule has 0 radical (unpaired) electrons. The lowest BCUT2D eigenvalue weighted by Gasteiger charge is -2.11. The van der Waals surface area contributed by atoms with Crippen LogP contribution < -0.4 is 14.8 Å². The average molecular weight is 498 g/mol. The second-order valence-corrected chi connectivity index (χ2v) is 7.53. The van der Waals surface area contributed by atoms with Gasteiger partial charge < -0.3 is 19.5 Å². The van der Waals surface area contributed by atoms with Gasteiger partial charge in [0.05, 0.1) is 19.8 Å². The van der Waals surface area contributed by atoms with E-state index in [1.807, 2.05) is 0 Å². The zero-order valence-corrected chi connectivity index (χ0v) is 19.0. The van der Waals surface area contributed by atoms with Crippen molar-refractivity contribution in [3.63, 3.8) is 0 Å². The van der Waals surface area contributed by atoms with Crippen molar-refractivity contribution in [1.29, 1.82) is 0 Å². The highest BCUT2D eigenvalue weighted by Gasteiger charge is 2.14. The van der Waals surface area contributed by atoms with Gasteiger partial charge in [0.25, 0.3) is 5.91 Å². The molecule has 0 atom stereocenters. The van der Waals surface area contributed by atoms with E-state index < -0.39 is 5.97 Å². The Balaban J connectivity index is 1.64. The minimum Gasteiger partial charge on any atom is -0.493 e. The normalized spacial score (nSPS) is 10.2. The second kappa shape index (κ2) is 10.6. The molecule has 0 spiro atoms. The molecule has 32 heavy (non-hydrogen) atoms. The molecule has 0 bridgehead atoms. The monoisotopic (exact) mass is 497 g/mol. The summed E-state index contributed by atoms with van der Waals surface area (Å²) in [5, 5.41) is 2.72. The quantitative estimate of drug-likeness (QED) is 0.356. The number of esters is 1. The summed E-state index contributed by atoms with van der Waals surface area (Å²) in [7, 11) is 2.99. The van der Waals surface area contributed by atoms with Gasteiger partial charge in [-0.05, 0) is 48.5 Å². The van der Waals surface area contributed by atoms with Gasteiger partial charge in [-0.1, -0.05) is 34.1 Å². The molecular formula is C24H20BrNO6. The molecule has 0 aliphatic carbocycles. The van der Waals surface area contributed by atoms with Crippen molar-refractivity contribution < 1.29 is 28.6 Å². The van der Waals surface area contributed by atoms with Crippen molar-refractivity contribution in [3.05, 3.63) is 87.9 Å². The molecule has 1 amide bonds. The molecule has 0 aliphatic rings. The van der Waals surface area contributed by atoms with Gasteiger partial charge in [-0.2, -0.15) is 0 Å². The first kappa shape index (κ1) is 23.0. The third-order valence-corrected chi connectivity index (χ3v) is 5.03. The van der Waals surface area contributed by atoms with Crippen LogP contribution in [0.1, 0.15) is 31.1 Å². The van der Waals surface area contributed by atoms with Crippen molar-refractivity contribution in [1.82, 2.24) is 0 Å². The Hall–Kier alpha value is -3.65. The minimum absolute atomic E-state index is 0.207. The fraction of sp³-hybridized carbons (Fsp3) is 0.125. The van der Waals surface area contributed by atoms with E-state index in [9.17, 15) is 14.4 Å². The molecular weight excluding hydrogens is 478 g/mol. The van der Waals surface area contributed by atoms with Gasteiger partial charge in [-0.25, -0.2) is 4.79 Å².